The molecular formula is C26H31NO7. The zero-order valence-corrected chi connectivity index (χ0v) is 20.3. The fourth-order valence-electron chi connectivity index (χ4n) is 4.27. The number of carbonyl (C=O) groups excluding carboxylic acids is 2. The number of hydrogen-bond acceptors (Lipinski definition) is 7. The summed E-state index contributed by atoms with van der Waals surface area (Å²) in [5, 5.41) is 21.8. The topological polar surface area (TPSA) is 106 Å². The molecule has 2 N–H and O–H groups in total. The lowest BCUT2D eigenvalue weighted by Crippen LogP contribution is -2.33. The number of ether oxygens (including phenoxy) is 3. The minimum absolute atomic E-state index is 0.0557. The van der Waals surface area contributed by atoms with E-state index in [0.717, 1.165) is 11.1 Å². The summed E-state index contributed by atoms with van der Waals surface area (Å²) >= 11 is 0. The smallest absolute Gasteiger partial charge is 0.295 e. The van der Waals surface area contributed by atoms with Crippen LogP contribution in [0.3, 0.4) is 0 Å². The molecule has 1 amide bonds. The van der Waals surface area contributed by atoms with Gasteiger partial charge in [-0.05, 0) is 62.6 Å². The number of hydrogen-bond donors (Lipinski definition) is 2. The van der Waals surface area contributed by atoms with Crippen molar-refractivity contribution < 1.29 is 34.0 Å². The molecule has 1 unspecified atom stereocenters. The number of rotatable bonds is 8. The van der Waals surface area contributed by atoms with Crippen LogP contribution in [0.5, 0.6) is 17.2 Å². The molecule has 8 nitrogen and oxygen atoms in total. The van der Waals surface area contributed by atoms with Crippen LogP contribution in [0.2, 0.25) is 0 Å². The molecule has 2 aromatic rings. The molecular weight excluding hydrogens is 438 g/mol. The Hall–Kier alpha value is -3.52. The second-order valence-electron chi connectivity index (χ2n) is 8.51. The van der Waals surface area contributed by atoms with Gasteiger partial charge in [-0.15, -0.1) is 0 Å². The lowest BCUT2D eigenvalue weighted by atomic mass is 9.93. The largest absolute Gasteiger partial charge is 0.507 e. The van der Waals surface area contributed by atoms with E-state index in [1.165, 1.54) is 25.2 Å². The minimum atomic E-state index is -0.932. The van der Waals surface area contributed by atoms with E-state index in [2.05, 4.69) is 0 Å². The van der Waals surface area contributed by atoms with E-state index < -0.39 is 17.7 Å². The van der Waals surface area contributed by atoms with E-state index in [-0.39, 0.29) is 42.1 Å². The van der Waals surface area contributed by atoms with Gasteiger partial charge in [-0.1, -0.05) is 12.1 Å². The Bertz CT molecular complexity index is 1140. The number of aromatic hydroxyl groups is 1. The van der Waals surface area contributed by atoms with Crippen LogP contribution < -0.4 is 9.47 Å². The highest BCUT2D eigenvalue weighted by Crippen LogP contribution is 2.43. The number of benzene rings is 2. The van der Waals surface area contributed by atoms with Crippen molar-refractivity contribution in [1.82, 2.24) is 4.90 Å². The number of aryl methyl sites for hydroxylation is 2. The van der Waals surface area contributed by atoms with Gasteiger partial charge in [0.2, 0.25) is 0 Å². The average Bonchev–Trinajstić information content (AvgIpc) is 3.02. The fraction of sp³-hybridized carbons (Fsp3) is 0.385. The van der Waals surface area contributed by atoms with Gasteiger partial charge < -0.3 is 29.3 Å². The highest BCUT2D eigenvalue weighted by Gasteiger charge is 2.46. The number of ketones is 1. The van der Waals surface area contributed by atoms with Crippen LogP contribution >= 0.6 is 0 Å². The first-order valence-corrected chi connectivity index (χ1v) is 11.0. The highest BCUT2D eigenvalue weighted by atomic mass is 16.5. The number of phenols is 1. The van der Waals surface area contributed by atoms with Crippen molar-refractivity contribution in [3.63, 3.8) is 0 Å². The Morgan fingerprint density at radius 2 is 1.79 bits per heavy atom. The van der Waals surface area contributed by atoms with Crippen molar-refractivity contribution in [3.8, 4) is 17.2 Å². The normalized spacial score (nSPS) is 17.5. The molecule has 0 radical (unpaired) electrons. The van der Waals surface area contributed by atoms with Crippen molar-refractivity contribution in [2.45, 2.75) is 39.8 Å². The van der Waals surface area contributed by atoms with Crippen LogP contribution in [-0.2, 0) is 14.3 Å². The van der Waals surface area contributed by atoms with Gasteiger partial charge >= 0.3 is 0 Å². The second-order valence-corrected chi connectivity index (χ2v) is 8.51. The Morgan fingerprint density at radius 3 is 2.38 bits per heavy atom. The number of likely N-dealkylation sites (tertiary alicyclic amines) is 1. The summed E-state index contributed by atoms with van der Waals surface area (Å²) in [6.07, 6.45) is -0.0557. The summed E-state index contributed by atoms with van der Waals surface area (Å²) in [5.41, 5.74) is 2.33. The standard InChI is InChI=1S/C26H31NO7/c1-14(2)34-10-9-27-22(17-7-8-20(32-5)19(28)13-17)21(24(30)26(27)31)23(29)18-12-15(3)11-16(4)25(18)33-6/h7-8,11-14,22,28-29H,9-10H2,1-6H3/b23-21+. The molecule has 0 spiro atoms. The number of carbonyl (C=O) groups is 2. The van der Waals surface area contributed by atoms with E-state index in [9.17, 15) is 19.8 Å². The second kappa shape index (κ2) is 10.2. The molecule has 0 saturated carbocycles. The van der Waals surface area contributed by atoms with Crippen LogP contribution in [0.1, 0.15) is 42.1 Å². The monoisotopic (exact) mass is 469 g/mol. The van der Waals surface area contributed by atoms with Gasteiger partial charge in [0.15, 0.2) is 11.5 Å². The maximum atomic E-state index is 13.2. The fourth-order valence-corrected chi connectivity index (χ4v) is 4.27. The molecule has 1 saturated heterocycles. The number of phenolic OH excluding ortho intramolecular Hbond substituents is 1. The van der Waals surface area contributed by atoms with Crippen molar-refractivity contribution >= 4 is 17.4 Å². The number of aliphatic hydroxyl groups is 1. The maximum absolute atomic E-state index is 13.2. The van der Waals surface area contributed by atoms with Crippen LogP contribution in [0.4, 0.5) is 0 Å². The first kappa shape index (κ1) is 25.1. The molecule has 1 aliphatic rings. The van der Waals surface area contributed by atoms with Gasteiger partial charge in [-0.2, -0.15) is 0 Å². The van der Waals surface area contributed by atoms with Gasteiger partial charge in [0.05, 0.1) is 44.1 Å². The zero-order chi connectivity index (χ0) is 25.2. The number of methoxy groups -OCH3 is 2. The van der Waals surface area contributed by atoms with Crippen molar-refractivity contribution in [1.29, 1.82) is 0 Å². The van der Waals surface area contributed by atoms with Gasteiger partial charge in [0, 0.05) is 6.54 Å². The lowest BCUT2D eigenvalue weighted by Gasteiger charge is -2.26. The van der Waals surface area contributed by atoms with Crippen molar-refractivity contribution in [2.75, 3.05) is 27.4 Å². The van der Waals surface area contributed by atoms with E-state index >= 15 is 0 Å². The van der Waals surface area contributed by atoms with Crippen LogP contribution in [0.15, 0.2) is 35.9 Å². The Labute approximate surface area is 199 Å². The Kier molecular flexibility index (Phi) is 7.51. The first-order valence-electron chi connectivity index (χ1n) is 11.0. The molecule has 3 rings (SSSR count). The predicted molar refractivity (Wildman–Crippen MR) is 127 cm³/mol. The van der Waals surface area contributed by atoms with Gasteiger partial charge in [-0.25, -0.2) is 0 Å². The molecule has 1 heterocycles. The van der Waals surface area contributed by atoms with E-state index in [1.807, 2.05) is 33.8 Å². The van der Waals surface area contributed by atoms with E-state index in [1.54, 1.807) is 18.2 Å². The summed E-state index contributed by atoms with van der Waals surface area (Å²) in [7, 11) is 2.91. The SMILES string of the molecule is COc1ccc(C2/C(=C(\O)c3cc(C)cc(C)c3OC)C(=O)C(=O)N2CCOC(C)C)cc1O. The van der Waals surface area contributed by atoms with Crippen molar-refractivity contribution in [3.05, 3.63) is 58.2 Å². The van der Waals surface area contributed by atoms with E-state index in [0.29, 0.717) is 16.9 Å². The predicted octanol–water partition coefficient (Wildman–Crippen LogP) is 3.87. The number of aliphatic hydroxyl groups excluding tert-OH is 1. The summed E-state index contributed by atoms with van der Waals surface area (Å²) in [6, 6.07) is 7.30. The summed E-state index contributed by atoms with van der Waals surface area (Å²) in [4.78, 5) is 27.6. The molecule has 34 heavy (non-hydrogen) atoms. The lowest BCUT2D eigenvalue weighted by molar-refractivity contribution is -0.140. The summed E-state index contributed by atoms with van der Waals surface area (Å²) in [6.45, 7) is 7.78. The molecule has 0 bridgehead atoms. The zero-order valence-electron chi connectivity index (χ0n) is 20.3. The van der Waals surface area contributed by atoms with Crippen LogP contribution in [0, 0.1) is 13.8 Å². The molecule has 2 aromatic carbocycles. The van der Waals surface area contributed by atoms with Gasteiger partial charge in [0.25, 0.3) is 11.7 Å². The molecule has 182 valence electrons. The summed E-state index contributed by atoms with van der Waals surface area (Å²) < 4.78 is 16.2. The average molecular weight is 470 g/mol. The molecule has 1 aliphatic heterocycles. The first-order chi connectivity index (χ1) is 16.1. The number of amides is 1. The third-order valence-electron chi connectivity index (χ3n) is 5.72. The summed E-state index contributed by atoms with van der Waals surface area (Å²) in [5.74, 6) is -1.39. The van der Waals surface area contributed by atoms with Gasteiger partial charge in [-0.3, -0.25) is 9.59 Å². The van der Waals surface area contributed by atoms with Crippen LogP contribution in [0.25, 0.3) is 5.76 Å². The molecule has 0 aromatic heterocycles. The van der Waals surface area contributed by atoms with Gasteiger partial charge in [0.1, 0.15) is 11.5 Å². The molecule has 0 aliphatic carbocycles. The minimum Gasteiger partial charge on any atom is -0.507 e. The third kappa shape index (κ3) is 4.72. The third-order valence-corrected chi connectivity index (χ3v) is 5.72. The Morgan fingerprint density at radius 1 is 1.09 bits per heavy atom. The highest BCUT2D eigenvalue weighted by molar-refractivity contribution is 6.46. The molecule has 1 atom stereocenters. The maximum Gasteiger partial charge on any atom is 0.295 e. The van der Waals surface area contributed by atoms with Crippen LogP contribution in [-0.4, -0.2) is 60.3 Å². The number of Topliss-reactive ketones (excluding diaryl/α,β-unsaturated/α-hetero) is 1. The quantitative estimate of drug-likeness (QED) is 0.343. The van der Waals surface area contributed by atoms with Crippen molar-refractivity contribution in [2.24, 2.45) is 0 Å². The number of nitrogens with zero attached hydrogens (tertiary/aromatic N) is 1. The molecule has 8 heteroatoms. The Balaban J connectivity index is 2.22. The molecule has 1 fully saturated rings. The van der Waals surface area contributed by atoms with E-state index in [4.69, 9.17) is 14.2 Å².